The maximum absolute atomic E-state index is 11.8. The summed E-state index contributed by atoms with van der Waals surface area (Å²) in [5.41, 5.74) is 2.16. The molecule has 1 aromatic rings. The van der Waals surface area contributed by atoms with Crippen LogP contribution < -0.4 is 10.2 Å². The van der Waals surface area contributed by atoms with E-state index in [1.807, 2.05) is 24.3 Å². The monoisotopic (exact) mass is 218 g/mol. The van der Waals surface area contributed by atoms with Gasteiger partial charge in [0.05, 0.1) is 6.54 Å². The minimum absolute atomic E-state index is 0.0554. The average molecular weight is 218 g/mol. The fourth-order valence-corrected chi connectivity index (χ4v) is 1.89. The highest BCUT2D eigenvalue weighted by Gasteiger charge is 2.23. The number of hydrogen-bond acceptors (Lipinski definition) is 2. The zero-order chi connectivity index (χ0) is 11.5. The van der Waals surface area contributed by atoms with Crippen molar-refractivity contribution in [2.24, 2.45) is 0 Å². The maximum atomic E-state index is 11.8. The fraction of sp³-hybridized carbons (Fsp3) is 0.333. The molecule has 0 aliphatic carbocycles. The van der Waals surface area contributed by atoms with Gasteiger partial charge in [0.15, 0.2) is 0 Å². The van der Waals surface area contributed by atoms with E-state index in [0.29, 0.717) is 6.54 Å². The van der Waals surface area contributed by atoms with Gasteiger partial charge in [-0.1, -0.05) is 18.2 Å². The summed E-state index contributed by atoms with van der Waals surface area (Å²) in [6.07, 6.45) is 0.891. The molecule has 1 heterocycles. The third-order valence-corrected chi connectivity index (χ3v) is 2.68. The van der Waals surface area contributed by atoms with Gasteiger partial charge in [0, 0.05) is 19.2 Å². The Morgan fingerprint density at radius 2 is 2.12 bits per heavy atom. The van der Waals surface area contributed by atoms with Crippen LogP contribution >= 0.6 is 0 Å². The van der Waals surface area contributed by atoms with Crippen LogP contribution in [0.4, 0.5) is 5.69 Å². The Hall–Kier alpha value is -1.84. The molecule has 1 aliphatic heterocycles. The number of carbonyl (C=O) groups excluding carboxylic acids is 2. The van der Waals surface area contributed by atoms with Crippen molar-refractivity contribution in [2.75, 3.05) is 18.0 Å². The molecular weight excluding hydrogens is 204 g/mol. The molecule has 0 saturated carbocycles. The lowest BCUT2D eigenvalue weighted by molar-refractivity contribution is -0.123. The van der Waals surface area contributed by atoms with Crippen molar-refractivity contribution in [3.8, 4) is 0 Å². The number of nitrogens with zero attached hydrogens (tertiary/aromatic N) is 1. The SMILES string of the molecule is CC(=O)NCC(=O)N1CCc2ccccc21. The number of rotatable bonds is 2. The number of nitrogens with one attached hydrogen (secondary N) is 1. The summed E-state index contributed by atoms with van der Waals surface area (Å²) in [6.45, 7) is 2.19. The van der Waals surface area contributed by atoms with Gasteiger partial charge in [0.2, 0.25) is 11.8 Å². The molecule has 0 unspecified atom stereocenters. The predicted molar refractivity (Wildman–Crippen MR) is 61.2 cm³/mol. The molecule has 1 aromatic carbocycles. The van der Waals surface area contributed by atoms with Gasteiger partial charge in [-0.3, -0.25) is 9.59 Å². The van der Waals surface area contributed by atoms with E-state index in [2.05, 4.69) is 5.32 Å². The summed E-state index contributed by atoms with van der Waals surface area (Å²) in [7, 11) is 0. The third kappa shape index (κ3) is 2.05. The number of para-hydroxylation sites is 1. The van der Waals surface area contributed by atoms with Crippen LogP contribution in [0, 0.1) is 0 Å². The van der Waals surface area contributed by atoms with Gasteiger partial charge in [-0.25, -0.2) is 0 Å². The van der Waals surface area contributed by atoms with Gasteiger partial charge in [-0.15, -0.1) is 0 Å². The van der Waals surface area contributed by atoms with Crippen molar-refractivity contribution >= 4 is 17.5 Å². The van der Waals surface area contributed by atoms with E-state index < -0.39 is 0 Å². The molecule has 2 amide bonds. The lowest BCUT2D eigenvalue weighted by atomic mass is 10.2. The van der Waals surface area contributed by atoms with Gasteiger partial charge in [-0.05, 0) is 18.1 Å². The van der Waals surface area contributed by atoms with Crippen molar-refractivity contribution in [3.63, 3.8) is 0 Å². The van der Waals surface area contributed by atoms with Crippen LogP contribution in [0.2, 0.25) is 0 Å². The molecule has 0 aromatic heterocycles. The molecule has 0 spiro atoms. The summed E-state index contributed by atoms with van der Waals surface area (Å²) in [4.78, 5) is 24.3. The summed E-state index contributed by atoms with van der Waals surface area (Å²) in [5.74, 6) is -0.235. The van der Waals surface area contributed by atoms with Crippen molar-refractivity contribution in [1.82, 2.24) is 5.32 Å². The molecule has 84 valence electrons. The van der Waals surface area contributed by atoms with E-state index in [4.69, 9.17) is 0 Å². The van der Waals surface area contributed by atoms with E-state index in [1.165, 1.54) is 12.5 Å². The molecule has 0 bridgehead atoms. The number of carbonyl (C=O) groups is 2. The topological polar surface area (TPSA) is 49.4 Å². The van der Waals surface area contributed by atoms with Gasteiger partial charge in [-0.2, -0.15) is 0 Å². The highest BCUT2D eigenvalue weighted by molar-refractivity contribution is 5.98. The lowest BCUT2D eigenvalue weighted by Crippen LogP contribution is -2.38. The second-order valence-electron chi connectivity index (χ2n) is 3.83. The molecule has 4 heteroatoms. The van der Waals surface area contributed by atoms with Gasteiger partial charge in [0.25, 0.3) is 0 Å². The first-order valence-corrected chi connectivity index (χ1v) is 5.31. The van der Waals surface area contributed by atoms with Crippen LogP contribution in [0.3, 0.4) is 0 Å². The zero-order valence-electron chi connectivity index (χ0n) is 9.19. The van der Waals surface area contributed by atoms with Crippen molar-refractivity contribution in [1.29, 1.82) is 0 Å². The van der Waals surface area contributed by atoms with Crippen LogP contribution in [0.1, 0.15) is 12.5 Å². The minimum Gasteiger partial charge on any atom is -0.347 e. The number of anilines is 1. The normalized spacial score (nSPS) is 13.4. The number of benzene rings is 1. The molecule has 1 aliphatic rings. The van der Waals surface area contributed by atoms with Crippen LogP contribution in [0.25, 0.3) is 0 Å². The zero-order valence-corrected chi connectivity index (χ0v) is 9.19. The summed E-state index contributed by atoms with van der Waals surface area (Å²) in [5, 5.41) is 2.52. The van der Waals surface area contributed by atoms with E-state index in [0.717, 1.165) is 12.1 Å². The number of fused-ring (bicyclic) bond motifs is 1. The van der Waals surface area contributed by atoms with Gasteiger partial charge >= 0.3 is 0 Å². The molecule has 0 saturated heterocycles. The van der Waals surface area contributed by atoms with E-state index in [-0.39, 0.29) is 18.4 Å². The molecular formula is C12H14N2O2. The first-order chi connectivity index (χ1) is 7.68. The van der Waals surface area contributed by atoms with Crippen molar-refractivity contribution < 1.29 is 9.59 Å². The summed E-state index contributed by atoms with van der Waals surface area (Å²) < 4.78 is 0. The molecule has 16 heavy (non-hydrogen) atoms. The Balaban J connectivity index is 2.07. The largest absolute Gasteiger partial charge is 0.347 e. The summed E-state index contributed by atoms with van der Waals surface area (Å²) >= 11 is 0. The van der Waals surface area contributed by atoms with Crippen LogP contribution in [-0.2, 0) is 16.0 Å². The molecule has 4 nitrogen and oxygen atoms in total. The van der Waals surface area contributed by atoms with Crippen LogP contribution in [-0.4, -0.2) is 24.9 Å². The Labute approximate surface area is 94.2 Å². The number of amides is 2. The Morgan fingerprint density at radius 3 is 2.88 bits per heavy atom. The average Bonchev–Trinajstić information content (AvgIpc) is 2.69. The highest BCUT2D eigenvalue weighted by atomic mass is 16.2. The fourth-order valence-electron chi connectivity index (χ4n) is 1.89. The number of hydrogen-bond donors (Lipinski definition) is 1. The van der Waals surface area contributed by atoms with E-state index in [1.54, 1.807) is 4.90 Å². The third-order valence-electron chi connectivity index (χ3n) is 2.68. The first kappa shape index (κ1) is 10.7. The highest BCUT2D eigenvalue weighted by Crippen LogP contribution is 2.27. The molecule has 0 atom stereocenters. The molecule has 1 N–H and O–H groups in total. The van der Waals surface area contributed by atoms with Gasteiger partial charge in [0.1, 0.15) is 0 Å². The first-order valence-electron chi connectivity index (χ1n) is 5.31. The Morgan fingerprint density at radius 1 is 1.38 bits per heavy atom. The molecule has 2 rings (SSSR count). The van der Waals surface area contributed by atoms with Gasteiger partial charge < -0.3 is 10.2 Å². The Kier molecular flexibility index (Phi) is 2.90. The van der Waals surface area contributed by atoms with E-state index >= 15 is 0 Å². The standard InChI is InChI=1S/C12H14N2O2/c1-9(15)13-8-12(16)14-7-6-10-4-2-3-5-11(10)14/h2-5H,6-8H2,1H3,(H,13,15). The lowest BCUT2D eigenvalue weighted by Gasteiger charge is -2.17. The van der Waals surface area contributed by atoms with Crippen molar-refractivity contribution in [2.45, 2.75) is 13.3 Å². The predicted octanol–water partition coefficient (Wildman–Crippen LogP) is 0.712. The summed E-state index contributed by atoms with van der Waals surface area (Å²) in [6, 6.07) is 7.86. The quantitative estimate of drug-likeness (QED) is 0.794. The van der Waals surface area contributed by atoms with Crippen LogP contribution in [0.5, 0.6) is 0 Å². The van der Waals surface area contributed by atoms with E-state index in [9.17, 15) is 9.59 Å². The molecule has 0 fully saturated rings. The van der Waals surface area contributed by atoms with Crippen molar-refractivity contribution in [3.05, 3.63) is 29.8 Å². The maximum Gasteiger partial charge on any atom is 0.246 e. The molecule has 0 radical (unpaired) electrons. The second kappa shape index (κ2) is 4.35. The minimum atomic E-state index is -0.180. The van der Waals surface area contributed by atoms with Crippen LogP contribution in [0.15, 0.2) is 24.3 Å². The second-order valence-corrected chi connectivity index (χ2v) is 3.83. The Bertz CT molecular complexity index is 429. The smallest absolute Gasteiger partial charge is 0.246 e.